The van der Waals surface area contributed by atoms with Gasteiger partial charge in [0, 0.05) is 11.6 Å². The topological polar surface area (TPSA) is 44.5 Å². The van der Waals surface area contributed by atoms with Gasteiger partial charge in [-0.25, -0.2) is 4.39 Å². The van der Waals surface area contributed by atoms with Crippen LogP contribution in [0.4, 0.5) is 4.39 Å². The maximum Gasteiger partial charge on any atom is 0.198 e. The quantitative estimate of drug-likeness (QED) is 0.924. The van der Waals surface area contributed by atoms with Gasteiger partial charge in [-0.1, -0.05) is 0 Å². The largest absolute Gasteiger partial charge is 0.492 e. The Morgan fingerprint density at radius 2 is 1.87 bits per heavy atom. The molecule has 84 valence electrons. The lowest BCUT2D eigenvalue weighted by molar-refractivity contribution is 0.332. The van der Waals surface area contributed by atoms with Gasteiger partial charge in [0.15, 0.2) is 17.3 Å². The molecule has 0 aliphatic rings. The van der Waals surface area contributed by atoms with Crippen LogP contribution in [-0.4, -0.2) is 14.2 Å². The lowest BCUT2D eigenvalue weighted by Crippen LogP contribution is -2.09. The van der Waals surface area contributed by atoms with E-state index in [0.29, 0.717) is 15.8 Å². The number of hydrogen-bond donors (Lipinski definition) is 1. The van der Waals surface area contributed by atoms with Gasteiger partial charge in [0.05, 0.1) is 18.7 Å². The molecule has 0 bridgehead atoms. The second kappa shape index (κ2) is 4.81. The van der Waals surface area contributed by atoms with E-state index in [0.717, 1.165) is 0 Å². The zero-order valence-corrected chi connectivity index (χ0v) is 10.4. The Morgan fingerprint density at radius 1 is 1.33 bits per heavy atom. The van der Waals surface area contributed by atoms with Gasteiger partial charge < -0.3 is 15.2 Å². The Kier molecular flexibility index (Phi) is 3.93. The van der Waals surface area contributed by atoms with Crippen LogP contribution in [0.5, 0.6) is 11.5 Å². The number of ether oxygens (including phenoxy) is 2. The van der Waals surface area contributed by atoms with Crippen LogP contribution in [0.2, 0.25) is 0 Å². The Labute approximate surface area is 96.5 Å². The molecular formula is C10H13BrFNO2. The molecule has 0 aromatic heterocycles. The highest BCUT2D eigenvalue weighted by molar-refractivity contribution is 9.10. The summed E-state index contributed by atoms with van der Waals surface area (Å²) in [6.45, 7) is 1.79. The van der Waals surface area contributed by atoms with Crippen molar-refractivity contribution in [2.75, 3.05) is 14.2 Å². The van der Waals surface area contributed by atoms with Crippen molar-refractivity contribution in [1.29, 1.82) is 0 Å². The van der Waals surface area contributed by atoms with Crippen LogP contribution in [0.15, 0.2) is 10.5 Å². The first kappa shape index (κ1) is 12.3. The van der Waals surface area contributed by atoms with Crippen molar-refractivity contribution >= 4 is 15.9 Å². The average molecular weight is 278 g/mol. The third-order valence-electron chi connectivity index (χ3n) is 2.06. The van der Waals surface area contributed by atoms with Crippen LogP contribution in [-0.2, 0) is 0 Å². The van der Waals surface area contributed by atoms with E-state index < -0.39 is 5.82 Å². The van der Waals surface area contributed by atoms with E-state index >= 15 is 0 Å². The van der Waals surface area contributed by atoms with Crippen molar-refractivity contribution in [2.24, 2.45) is 5.73 Å². The summed E-state index contributed by atoms with van der Waals surface area (Å²) in [6.07, 6.45) is 0. The first-order valence-electron chi connectivity index (χ1n) is 4.38. The molecule has 0 heterocycles. The van der Waals surface area contributed by atoms with Crippen molar-refractivity contribution in [3.05, 3.63) is 21.9 Å². The van der Waals surface area contributed by atoms with Gasteiger partial charge in [-0.15, -0.1) is 0 Å². The van der Waals surface area contributed by atoms with E-state index in [-0.39, 0.29) is 11.8 Å². The maximum absolute atomic E-state index is 13.6. The highest BCUT2D eigenvalue weighted by Gasteiger charge is 2.20. The highest BCUT2D eigenvalue weighted by atomic mass is 79.9. The second-order valence-corrected chi connectivity index (χ2v) is 3.97. The molecule has 1 rings (SSSR count). The average Bonchev–Trinajstić information content (AvgIpc) is 2.20. The number of hydrogen-bond acceptors (Lipinski definition) is 3. The molecule has 0 saturated carbocycles. The summed E-state index contributed by atoms with van der Waals surface area (Å²) in [5.41, 5.74) is 6.45. The fourth-order valence-corrected chi connectivity index (χ4v) is 1.76. The molecule has 0 aliphatic heterocycles. The zero-order valence-electron chi connectivity index (χ0n) is 8.80. The maximum atomic E-state index is 13.6. The summed E-state index contributed by atoms with van der Waals surface area (Å²) < 4.78 is 24.0. The Balaban J connectivity index is 3.47. The van der Waals surface area contributed by atoms with Crippen molar-refractivity contribution < 1.29 is 13.9 Å². The van der Waals surface area contributed by atoms with Gasteiger partial charge >= 0.3 is 0 Å². The van der Waals surface area contributed by atoms with Crippen molar-refractivity contribution in [1.82, 2.24) is 0 Å². The Hall–Kier alpha value is -0.810. The lowest BCUT2D eigenvalue weighted by atomic mass is 10.1. The normalized spacial score (nSPS) is 12.4. The van der Waals surface area contributed by atoms with Gasteiger partial charge in [-0.2, -0.15) is 0 Å². The molecule has 5 heteroatoms. The number of rotatable bonds is 3. The monoisotopic (exact) mass is 277 g/mol. The molecule has 0 fully saturated rings. The predicted molar refractivity (Wildman–Crippen MR) is 59.8 cm³/mol. The molecule has 1 aromatic rings. The molecule has 15 heavy (non-hydrogen) atoms. The fraction of sp³-hybridized carbons (Fsp3) is 0.400. The standard InChI is InChI=1S/C10H13BrFNO2/c1-5(13)6-4-7(11)8(12)10(15-3)9(6)14-2/h4-5H,13H2,1-3H3. The number of nitrogens with two attached hydrogens (primary N) is 1. The molecule has 0 spiro atoms. The molecule has 0 saturated heterocycles. The van der Waals surface area contributed by atoms with Crippen LogP contribution in [0.25, 0.3) is 0 Å². The van der Waals surface area contributed by atoms with E-state index in [1.54, 1.807) is 13.0 Å². The van der Waals surface area contributed by atoms with E-state index in [1.165, 1.54) is 14.2 Å². The molecule has 3 nitrogen and oxygen atoms in total. The van der Waals surface area contributed by atoms with Crippen LogP contribution in [0, 0.1) is 5.82 Å². The first-order chi connectivity index (χ1) is 7.02. The highest BCUT2D eigenvalue weighted by Crippen LogP contribution is 2.40. The molecule has 0 aliphatic carbocycles. The summed E-state index contributed by atoms with van der Waals surface area (Å²) in [5.74, 6) is -0.0777. The fourth-order valence-electron chi connectivity index (χ4n) is 1.34. The minimum Gasteiger partial charge on any atom is -0.492 e. The SMILES string of the molecule is COc1c(C(C)N)cc(Br)c(F)c1OC. The Morgan fingerprint density at radius 3 is 2.27 bits per heavy atom. The summed E-state index contributed by atoms with van der Waals surface area (Å²) in [5, 5.41) is 0. The van der Waals surface area contributed by atoms with Crippen molar-refractivity contribution in [3.8, 4) is 11.5 Å². The molecule has 0 radical (unpaired) electrons. The van der Waals surface area contributed by atoms with Crippen LogP contribution in [0.3, 0.4) is 0 Å². The smallest absolute Gasteiger partial charge is 0.198 e. The van der Waals surface area contributed by atoms with Crippen LogP contribution >= 0.6 is 15.9 Å². The van der Waals surface area contributed by atoms with Crippen molar-refractivity contribution in [2.45, 2.75) is 13.0 Å². The molecule has 1 atom stereocenters. The molecule has 1 unspecified atom stereocenters. The minimum atomic E-state index is -0.487. The minimum absolute atomic E-state index is 0.0687. The van der Waals surface area contributed by atoms with E-state index in [1.807, 2.05) is 0 Å². The van der Waals surface area contributed by atoms with Crippen molar-refractivity contribution in [3.63, 3.8) is 0 Å². The van der Waals surface area contributed by atoms with Gasteiger partial charge in [-0.05, 0) is 28.9 Å². The van der Waals surface area contributed by atoms with Crippen LogP contribution < -0.4 is 15.2 Å². The summed E-state index contributed by atoms with van der Waals surface area (Å²) in [7, 11) is 2.84. The zero-order chi connectivity index (χ0) is 11.6. The number of halogens is 2. The van der Waals surface area contributed by atoms with E-state index in [2.05, 4.69) is 15.9 Å². The first-order valence-corrected chi connectivity index (χ1v) is 5.17. The van der Waals surface area contributed by atoms with E-state index in [4.69, 9.17) is 15.2 Å². The van der Waals surface area contributed by atoms with Gasteiger partial charge in [0.25, 0.3) is 0 Å². The van der Waals surface area contributed by atoms with E-state index in [9.17, 15) is 4.39 Å². The Bertz CT molecular complexity index is 369. The second-order valence-electron chi connectivity index (χ2n) is 3.12. The number of methoxy groups -OCH3 is 2. The molecular weight excluding hydrogens is 265 g/mol. The molecule has 2 N–H and O–H groups in total. The van der Waals surface area contributed by atoms with Gasteiger partial charge in [-0.3, -0.25) is 0 Å². The van der Waals surface area contributed by atoms with Gasteiger partial charge in [0.2, 0.25) is 0 Å². The summed E-state index contributed by atoms with van der Waals surface area (Å²) in [6, 6.07) is 1.34. The molecule has 1 aromatic carbocycles. The predicted octanol–water partition coefficient (Wildman–Crippen LogP) is 2.63. The summed E-state index contributed by atoms with van der Waals surface area (Å²) in [4.78, 5) is 0. The van der Waals surface area contributed by atoms with Crippen LogP contribution in [0.1, 0.15) is 18.5 Å². The lowest BCUT2D eigenvalue weighted by Gasteiger charge is -2.16. The molecule has 0 amide bonds. The third kappa shape index (κ3) is 2.23. The van der Waals surface area contributed by atoms with Gasteiger partial charge in [0.1, 0.15) is 0 Å². The third-order valence-corrected chi connectivity index (χ3v) is 2.64. The summed E-state index contributed by atoms with van der Waals surface area (Å²) >= 11 is 3.10. The number of benzene rings is 1.